The molecule has 0 spiro atoms. The topological polar surface area (TPSA) is 41.7 Å². The van der Waals surface area contributed by atoms with E-state index in [2.05, 4.69) is 9.80 Å². The van der Waals surface area contributed by atoms with E-state index in [0.29, 0.717) is 0 Å². The van der Waals surface area contributed by atoms with Crippen LogP contribution in [-0.4, -0.2) is 68.3 Å². The predicted molar refractivity (Wildman–Crippen MR) is 82.7 cm³/mol. The molecule has 2 heterocycles. The molecule has 0 aliphatic carbocycles. The molecule has 2 fully saturated rings. The first-order valence-corrected chi connectivity index (χ1v) is 6.14. The molecule has 0 aromatic rings. The minimum absolute atomic E-state index is 0. The summed E-state index contributed by atoms with van der Waals surface area (Å²) in [5, 5.41) is 0. The van der Waals surface area contributed by atoms with Gasteiger partial charge in [-0.25, -0.2) is 0 Å². The number of hydrogen-bond donors (Lipinski definition) is 1. The van der Waals surface area contributed by atoms with E-state index < -0.39 is 0 Å². The van der Waals surface area contributed by atoms with Crippen molar-refractivity contribution in [3.05, 3.63) is 0 Å². The number of nitrogens with two attached hydrogens (primary N) is 1. The van der Waals surface area contributed by atoms with Gasteiger partial charge in [-0.3, -0.25) is 4.90 Å². The maximum Gasteiger partial charge on any atom is 0.0594 e. The van der Waals surface area contributed by atoms with E-state index in [9.17, 15) is 0 Å². The molecule has 0 saturated carbocycles. The van der Waals surface area contributed by atoms with Crippen molar-refractivity contribution in [2.45, 2.75) is 18.9 Å². The van der Waals surface area contributed by atoms with Crippen molar-refractivity contribution in [3.63, 3.8) is 0 Å². The van der Waals surface area contributed by atoms with E-state index in [0.717, 1.165) is 45.4 Å². The highest BCUT2D eigenvalue weighted by molar-refractivity contribution is 5.86. The second-order valence-corrected chi connectivity index (χ2v) is 4.51. The van der Waals surface area contributed by atoms with Crippen LogP contribution in [0.2, 0.25) is 0 Å². The van der Waals surface area contributed by atoms with Crippen LogP contribution in [0.5, 0.6) is 0 Å². The normalized spacial score (nSPS) is 22.5. The highest BCUT2D eigenvalue weighted by atomic mass is 35.5. The van der Waals surface area contributed by atoms with Gasteiger partial charge in [-0.05, 0) is 25.9 Å². The maximum absolute atomic E-state index is 5.57. The molecule has 2 rings (SSSR count). The van der Waals surface area contributed by atoms with E-state index in [1.165, 1.54) is 25.9 Å². The Kier molecular flexibility index (Phi) is 13.5. The van der Waals surface area contributed by atoms with Crippen molar-refractivity contribution >= 4 is 37.2 Å². The van der Waals surface area contributed by atoms with Crippen molar-refractivity contribution < 1.29 is 4.74 Å². The SMILES string of the molecule is Cl.Cl.Cl.NCCN1CCC(N2CCOCC2)CC1. The molecule has 18 heavy (non-hydrogen) atoms. The smallest absolute Gasteiger partial charge is 0.0594 e. The van der Waals surface area contributed by atoms with Gasteiger partial charge in [0.25, 0.3) is 0 Å². The van der Waals surface area contributed by atoms with Gasteiger partial charge in [0.2, 0.25) is 0 Å². The summed E-state index contributed by atoms with van der Waals surface area (Å²) in [5.41, 5.74) is 5.57. The molecule has 0 aromatic heterocycles. The number of ether oxygens (including phenoxy) is 1. The van der Waals surface area contributed by atoms with E-state index in [-0.39, 0.29) is 37.2 Å². The molecule has 2 N–H and O–H groups in total. The second kappa shape index (κ2) is 11.5. The Bertz CT molecular complexity index is 186. The van der Waals surface area contributed by atoms with Gasteiger partial charge in [-0.2, -0.15) is 0 Å². The minimum atomic E-state index is 0. The molecule has 112 valence electrons. The third-order valence-corrected chi connectivity index (χ3v) is 3.56. The summed E-state index contributed by atoms with van der Waals surface area (Å²) in [6, 6.07) is 0.794. The number of likely N-dealkylation sites (tertiary alicyclic amines) is 1. The van der Waals surface area contributed by atoms with E-state index >= 15 is 0 Å². The van der Waals surface area contributed by atoms with Crippen molar-refractivity contribution in [2.24, 2.45) is 5.73 Å². The number of rotatable bonds is 3. The van der Waals surface area contributed by atoms with Crippen LogP contribution in [-0.2, 0) is 4.74 Å². The molecule has 2 saturated heterocycles. The average Bonchev–Trinajstić information content (AvgIpc) is 2.32. The molecular weight excluding hydrogens is 297 g/mol. The van der Waals surface area contributed by atoms with Crippen LogP contribution < -0.4 is 5.73 Å². The summed E-state index contributed by atoms with van der Waals surface area (Å²) in [5.74, 6) is 0. The molecule has 0 aromatic carbocycles. The summed E-state index contributed by atoms with van der Waals surface area (Å²) >= 11 is 0. The van der Waals surface area contributed by atoms with Gasteiger partial charge in [-0.15, -0.1) is 37.2 Å². The molecule has 0 radical (unpaired) electrons. The third-order valence-electron chi connectivity index (χ3n) is 3.56. The van der Waals surface area contributed by atoms with Crippen LogP contribution in [0.3, 0.4) is 0 Å². The Labute approximate surface area is 129 Å². The van der Waals surface area contributed by atoms with Crippen LogP contribution in [0.15, 0.2) is 0 Å². The Morgan fingerprint density at radius 3 is 2.00 bits per heavy atom. The standard InChI is InChI=1S/C11H23N3O.3ClH/c12-3-6-13-4-1-11(2-5-13)14-7-9-15-10-8-14;;;/h11H,1-10,12H2;3*1H. The summed E-state index contributed by atoms with van der Waals surface area (Å²) in [4.78, 5) is 5.08. The maximum atomic E-state index is 5.57. The fourth-order valence-corrected chi connectivity index (χ4v) is 2.63. The number of piperidine rings is 1. The highest BCUT2D eigenvalue weighted by Gasteiger charge is 2.25. The zero-order valence-electron chi connectivity index (χ0n) is 10.8. The van der Waals surface area contributed by atoms with E-state index in [4.69, 9.17) is 10.5 Å². The number of halogens is 3. The lowest BCUT2D eigenvalue weighted by molar-refractivity contribution is 0.00118. The third kappa shape index (κ3) is 6.24. The Morgan fingerprint density at radius 1 is 0.944 bits per heavy atom. The molecule has 7 heteroatoms. The first-order valence-electron chi connectivity index (χ1n) is 6.14. The van der Waals surface area contributed by atoms with Crippen LogP contribution in [0.4, 0.5) is 0 Å². The lowest BCUT2D eigenvalue weighted by atomic mass is 10.0. The quantitative estimate of drug-likeness (QED) is 0.842. The van der Waals surface area contributed by atoms with Crippen LogP contribution in [0.25, 0.3) is 0 Å². The predicted octanol–water partition coefficient (Wildman–Crippen LogP) is 1.01. The van der Waals surface area contributed by atoms with Gasteiger partial charge in [0.15, 0.2) is 0 Å². The van der Waals surface area contributed by atoms with Crippen molar-refractivity contribution in [1.29, 1.82) is 0 Å². The van der Waals surface area contributed by atoms with Crippen LogP contribution in [0, 0.1) is 0 Å². The van der Waals surface area contributed by atoms with Gasteiger partial charge in [0.05, 0.1) is 13.2 Å². The van der Waals surface area contributed by atoms with Gasteiger partial charge in [-0.1, -0.05) is 0 Å². The Hall–Kier alpha value is 0.710. The van der Waals surface area contributed by atoms with Crippen molar-refractivity contribution in [2.75, 3.05) is 52.5 Å². The summed E-state index contributed by atoms with van der Waals surface area (Å²) < 4.78 is 5.38. The monoisotopic (exact) mass is 321 g/mol. The van der Waals surface area contributed by atoms with Crippen LogP contribution >= 0.6 is 37.2 Å². The molecule has 4 nitrogen and oxygen atoms in total. The molecule has 2 aliphatic heterocycles. The van der Waals surface area contributed by atoms with Crippen molar-refractivity contribution in [3.8, 4) is 0 Å². The fourth-order valence-electron chi connectivity index (χ4n) is 2.63. The van der Waals surface area contributed by atoms with Gasteiger partial charge >= 0.3 is 0 Å². The van der Waals surface area contributed by atoms with E-state index in [1.54, 1.807) is 0 Å². The van der Waals surface area contributed by atoms with E-state index in [1.807, 2.05) is 0 Å². The second-order valence-electron chi connectivity index (χ2n) is 4.51. The molecule has 0 bridgehead atoms. The first-order chi connectivity index (χ1) is 7.40. The number of morpholine rings is 1. The zero-order chi connectivity index (χ0) is 10.5. The van der Waals surface area contributed by atoms with Crippen molar-refractivity contribution in [1.82, 2.24) is 9.80 Å². The number of nitrogens with zero attached hydrogens (tertiary/aromatic N) is 2. The van der Waals surface area contributed by atoms with Crippen LogP contribution in [0.1, 0.15) is 12.8 Å². The lowest BCUT2D eigenvalue weighted by Gasteiger charge is -2.40. The number of hydrogen-bond acceptors (Lipinski definition) is 4. The molecule has 0 amide bonds. The average molecular weight is 323 g/mol. The minimum Gasteiger partial charge on any atom is -0.379 e. The lowest BCUT2D eigenvalue weighted by Crippen LogP contribution is -2.49. The van der Waals surface area contributed by atoms with Gasteiger partial charge in [0.1, 0.15) is 0 Å². The Morgan fingerprint density at radius 2 is 1.50 bits per heavy atom. The summed E-state index contributed by atoms with van der Waals surface area (Å²) in [7, 11) is 0. The highest BCUT2D eigenvalue weighted by Crippen LogP contribution is 2.17. The summed E-state index contributed by atoms with van der Waals surface area (Å²) in [6.45, 7) is 8.39. The van der Waals surface area contributed by atoms with Gasteiger partial charge in [0, 0.05) is 32.2 Å². The molecule has 2 aliphatic rings. The van der Waals surface area contributed by atoms with Gasteiger partial charge < -0.3 is 15.4 Å². The Balaban J connectivity index is 0. The fraction of sp³-hybridized carbons (Fsp3) is 1.00. The zero-order valence-corrected chi connectivity index (χ0v) is 13.2. The first kappa shape index (κ1) is 21.0. The largest absolute Gasteiger partial charge is 0.379 e. The molecule has 0 unspecified atom stereocenters. The molecular formula is C11H26Cl3N3O. The summed E-state index contributed by atoms with van der Waals surface area (Å²) in [6.07, 6.45) is 2.61. The molecule has 0 atom stereocenters.